The van der Waals surface area contributed by atoms with Crippen molar-refractivity contribution < 1.29 is 23.8 Å². The Morgan fingerprint density at radius 3 is 2.68 bits per heavy atom. The number of nitrogens with zero attached hydrogens (tertiary/aromatic N) is 2. The molecule has 0 saturated carbocycles. The van der Waals surface area contributed by atoms with E-state index in [1.54, 1.807) is 18.1 Å². The topological polar surface area (TPSA) is 71.4 Å². The van der Waals surface area contributed by atoms with Crippen LogP contribution < -0.4 is 9.64 Å². The van der Waals surface area contributed by atoms with Crippen molar-refractivity contribution >= 4 is 65.9 Å². The number of fused-ring (bicyclic) bond motifs is 3. The molecule has 3 atom stereocenters. The van der Waals surface area contributed by atoms with Crippen LogP contribution in [0.1, 0.15) is 31.1 Å². The van der Waals surface area contributed by atoms with Crippen LogP contribution in [0.2, 0.25) is 5.02 Å². The van der Waals surface area contributed by atoms with Gasteiger partial charge in [0.1, 0.15) is 24.3 Å². The van der Waals surface area contributed by atoms with Gasteiger partial charge >= 0.3 is 0 Å². The number of carboxylic acid groups (broad SMARTS) is 1. The molecule has 0 amide bonds. The standard InChI is InChI=1S/C21H19BrCl2FN2O2P.C2H4O2/c1-11-9-26-17-10-29-19(13-4-3-5-16(28-2)18(13)23)14-8-12(22)6-7-15(14)27(17)20(11)21(24,25)30;1-2(3)4/h3-8,19H,9-10,30H2,1-2H3;1H3,(H,3,4)/t19-,21?;/m1./s1. The van der Waals surface area contributed by atoms with Gasteiger partial charge in [0.25, 0.3) is 5.97 Å². The van der Waals surface area contributed by atoms with Crippen molar-refractivity contribution in [1.82, 2.24) is 0 Å². The van der Waals surface area contributed by atoms with Crippen LogP contribution in [0.25, 0.3) is 0 Å². The number of ether oxygens (including phenoxy) is 2. The maximum atomic E-state index is 15.1. The van der Waals surface area contributed by atoms with Crippen LogP contribution in [0.5, 0.6) is 5.75 Å². The number of hydrogen-bond acceptors (Lipinski definition) is 5. The summed E-state index contributed by atoms with van der Waals surface area (Å²) in [5.41, 5.74) is 3.38. The summed E-state index contributed by atoms with van der Waals surface area (Å²) in [5.74, 6) is 0.310. The second-order valence-corrected chi connectivity index (χ2v) is 10.6. The number of carboxylic acids is 1. The number of allylic oxidation sites excluding steroid dienone is 1. The van der Waals surface area contributed by atoms with Crippen molar-refractivity contribution in [2.45, 2.75) is 24.8 Å². The lowest BCUT2D eigenvalue weighted by atomic mass is 9.98. The molecule has 0 fully saturated rings. The highest BCUT2D eigenvalue weighted by atomic mass is 79.9. The molecule has 2 unspecified atom stereocenters. The molecule has 6 nitrogen and oxygen atoms in total. The summed E-state index contributed by atoms with van der Waals surface area (Å²) in [6.45, 7) is 3.43. The van der Waals surface area contributed by atoms with Crippen LogP contribution in [0.4, 0.5) is 10.1 Å². The molecule has 2 aromatic rings. The zero-order valence-corrected chi connectivity index (χ0v) is 22.9. The molecular formula is C23H23BrCl2FN2O4P. The summed E-state index contributed by atoms with van der Waals surface area (Å²) in [4.78, 5) is 13.2. The number of alkyl halides is 2. The summed E-state index contributed by atoms with van der Waals surface area (Å²) in [7, 11) is 3.64. The van der Waals surface area contributed by atoms with E-state index in [0.29, 0.717) is 28.8 Å². The normalized spacial score (nSPS) is 19.0. The van der Waals surface area contributed by atoms with E-state index >= 15 is 4.39 Å². The number of halogens is 4. The minimum Gasteiger partial charge on any atom is -0.495 e. The van der Waals surface area contributed by atoms with E-state index in [2.05, 4.69) is 30.2 Å². The number of aliphatic imine (C=N–C) groups is 1. The Kier molecular flexibility index (Phi) is 8.64. The first-order chi connectivity index (χ1) is 16.0. The van der Waals surface area contributed by atoms with Gasteiger partial charge in [0.2, 0.25) is 4.87 Å². The highest BCUT2D eigenvalue weighted by molar-refractivity contribution is 9.10. The van der Waals surface area contributed by atoms with Crippen LogP contribution in [0.15, 0.2) is 57.1 Å². The second-order valence-electron chi connectivity index (χ2n) is 7.60. The monoisotopic (exact) mass is 590 g/mol. The van der Waals surface area contributed by atoms with Gasteiger partial charge in [-0.05, 0) is 36.8 Å². The highest BCUT2D eigenvalue weighted by Crippen LogP contribution is 2.47. The van der Waals surface area contributed by atoms with Crippen molar-refractivity contribution in [1.29, 1.82) is 0 Å². The third-order valence-corrected chi connectivity index (χ3v) is 6.44. The molecule has 0 saturated heterocycles. The molecule has 1 N–H and O–H groups in total. The van der Waals surface area contributed by atoms with Crippen molar-refractivity contribution in [3.63, 3.8) is 0 Å². The summed E-state index contributed by atoms with van der Waals surface area (Å²) in [6.07, 6.45) is -0.510. The highest BCUT2D eigenvalue weighted by Gasteiger charge is 2.40. The van der Waals surface area contributed by atoms with Gasteiger partial charge in [0, 0.05) is 22.5 Å². The van der Waals surface area contributed by atoms with E-state index in [4.69, 9.17) is 42.6 Å². The number of amidine groups is 1. The Morgan fingerprint density at radius 1 is 1.38 bits per heavy atom. The van der Waals surface area contributed by atoms with Gasteiger partial charge in [-0.15, -0.1) is 0 Å². The van der Waals surface area contributed by atoms with Crippen molar-refractivity contribution in [2.24, 2.45) is 4.99 Å². The molecule has 34 heavy (non-hydrogen) atoms. The smallest absolute Gasteiger partial charge is 0.300 e. The number of aliphatic carboxylic acids is 1. The first kappa shape index (κ1) is 26.9. The number of anilines is 1. The Morgan fingerprint density at radius 2 is 2.06 bits per heavy atom. The van der Waals surface area contributed by atoms with Crippen LogP contribution in [0, 0.1) is 0 Å². The third-order valence-electron chi connectivity index (χ3n) is 5.09. The third kappa shape index (κ3) is 5.74. The molecule has 4 rings (SSSR count). The second kappa shape index (κ2) is 10.9. The van der Waals surface area contributed by atoms with Crippen molar-refractivity contribution in [3.05, 3.63) is 68.3 Å². The molecule has 11 heteroatoms. The fourth-order valence-corrected chi connectivity index (χ4v) is 5.11. The van der Waals surface area contributed by atoms with Gasteiger partial charge in [-0.3, -0.25) is 14.7 Å². The maximum absolute atomic E-state index is 15.1. The Balaban J connectivity index is 0.000000751. The van der Waals surface area contributed by atoms with Gasteiger partial charge in [-0.2, -0.15) is 0 Å². The zero-order valence-electron chi connectivity index (χ0n) is 18.6. The molecule has 2 aliphatic rings. The first-order valence-electron chi connectivity index (χ1n) is 10.1. The van der Waals surface area contributed by atoms with Crippen LogP contribution >= 0.6 is 48.4 Å². The van der Waals surface area contributed by atoms with Gasteiger partial charge in [-0.1, -0.05) is 60.5 Å². The molecule has 0 aromatic heterocycles. The van der Waals surface area contributed by atoms with E-state index < -0.39 is 16.9 Å². The molecule has 2 aromatic carbocycles. The number of rotatable bonds is 3. The van der Waals surface area contributed by atoms with E-state index in [1.165, 1.54) is 0 Å². The van der Waals surface area contributed by atoms with Crippen LogP contribution in [-0.2, 0) is 9.53 Å². The molecule has 0 bridgehead atoms. The van der Waals surface area contributed by atoms with Gasteiger partial charge in [0.05, 0.1) is 30.1 Å². The number of carbonyl (C=O) groups is 1. The number of hydrogen-bond donors (Lipinski definition) is 1. The fraction of sp³-hybridized carbons (Fsp3) is 0.304. The summed E-state index contributed by atoms with van der Waals surface area (Å²) in [6, 6.07) is 11.3. The molecule has 2 heterocycles. The Hall–Kier alpha value is -1.70. The van der Waals surface area contributed by atoms with Gasteiger partial charge in [0.15, 0.2) is 0 Å². The average molecular weight is 592 g/mol. The summed E-state index contributed by atoms with van der Waals surface area (Å²) < 4.78 is 27.6. The van der Waals surface area contributed by atoms with Crippen LogP contribution in [-0.4, -0.2) is 42.0 Å². The van der Waals surface area contributed by atoms with E-state index in [0.717, 1.165) is 33.8 Å². The molecule has 0 aliphatic carbocycles. The molecule has 0 radical (unpaired) electrons. The Bertz CT molecular complexity index is 1170. The van der Waals surface area contributed by atoms with Crippen LogP contribution in [0.3, 0.4) is 0 Å². The number of benzene rings is 2. The largest absolute Gasteiger partial charge is 0.495 e. The van der Waals surface area contributed by atoms with E-state index in [9.17, 15) is 0 Å². The lowest BCUT2D eigenvalue weighted by molar-refractivity contribution is -0.134. The molecule has 2 aliphatic heterocycles. The van der Waals surface area contributed by atoms with Crippen molar-refractivity contribution in [2.75, 3.05) is 25.2 Å². The lowest BCUT2D eigenvalue weighted by Gasteiger charge is -2.36. The number of methoxy groups -OCH3 is 1. The first-order valence-corrected chi connectivity index (χ1v) is 12.2. The minimum absolute atomic E-state index is 0.166. The Labute approximate surface area is 218 Å². The predicted molar refractivity (Wildman–Crippen MR) is 140 cm³/mol. The molecular weight excluding hydrogens is 569 g/mol. The summed E-state index contributed by atoms with van der Waals surface area (Å²) >= 11 is 16.3. The minimum atomic E-state index is -2.15. The summed E-state index contributed by atoms with van der Waals surface area (Å²) in [5, 5.41) is 7.88. The van der Waals surface area contributed by atoms with E-state index in [1.807, 2.05) is 37.3 Å². The van der Waals surface area contributed by atoms with Gasteiger partial charge < -0.3 is 14.6 Å². The zero-order chi connectivity index (χ0) is 25.2. The quantitative estimate of drug-likeness (QED) is 0.324. The van der Waals surface area contributed by atoms with Crippen molar-refractivity contribution in [3.8, 4) is 5.75 Å². The predicted octanol–water partition coefficient (Wildman–Crippen LogP) is 6.55. The average Bonchev–Trinajstić information content (AvgIpc) is 2.89. The SMILES string of the molecule is CC(=O)O.COc1cccc([C@H]2OCC3=NCC(C)=C(C(F)(P)Cl)N3c3ccc(Br)cc32)c1Cl. The fourth-order valence-electron chi connectivity index (χ4n) is 3.81. The van der Waals surface area contributed by atoms with Gasteiger partial charge in [-0.25, -0.2) is 4.39 Å². The lowest BCUT2D eigenvalue weighted by Crippen LogP contribution is -2.41. The maximum Gasteiger partial charge on any atom is 0.300 e. The van der Waals surface area contributed by atoms with E-state index in [-0.39, 0.29) is 6.61 Å². The molecule has 182 valence electrons. The molecule has 0 spiro atoms.